The van der Waals surface area contributed by atoms with E-state index in [9.17, 15) is 14.4 Å². The van der Waals surface area contributed by atoms with Crippen molar-refractivity contribution in [2.75, 3.05) is 13.6 Å². The summed E-state index contributed by atoms with van der Waals surface area (Å²) < 4.78 is 0. The van der Waals surface area contributed by atoms with Crippen LogP contribution in [0.3, 0.4) is 0 Å². The molecule has 0 aromatic heterocycles. The van der Waals surface area contributed by atoms with Gasteiger partial charge in [0, 0.05) is 38.1 Å². The van der Waals surface area contributed by atoms with E-state index in [1.54, 1.807) is 36.2 Å². The number of aliphatic carboxylic acids is 1. The number of carboxylic acids is 1. The van der Waals surface area contributed by atoms with Crippen molar-refractivity contribution in [3.05, 3.63) is 35.4 Å². The number of carboxylic acid groups (broad SMARTS) is 1. The second-order valence-corrected chi connectivity index (χ2v) is 5.46. The van der Waals surface area contributed by atoms with Crippen molar-refractivity contribution in [2.24, 2.45) is 0 Å². The van der Waals surface area contributed by atoms with Gasteiger partial charge in [0.15, 0.2) is 0 Å². The molecule has 6 nitrogen and oxygen atoms in total. The van der Waals surface area contributed by atoms with Crippen LogP contribution < -0.4 is 5.32 Å². The van der Waals surface area contributed by atoms with E-state index in [0.29, 0.717) is 24.1 Å². The minimum atomic E-state index is -1.09. The van der Waals surface area contributed by atoms with Crippen LogP contribution in [0.2, 0.25) is 0 Å². The summed E-state index contributed by atoms with van der Waals surface area (Å²) in [6.07, 6.45) is 1.42. The summed E-state index contributed by atoms with van der Waals surface area (Å²) in [6, 6.07) is 5.76. The molecule has 6 heteroatoms. The molecule has 1 aromatic rings. The molecule has 0 aliphatic carbocycles. The summed E-state index contributed by atoms with van der Waals surface area (Å²) in [6.45, 7) is 3.58. The number of hydrogen-bond acceptors (Lipinski definition) is 3. The Bertz CT molecular complexity index is 673. The van der Waals surface area contributed by atoms with E-state index in [-0.39, 0.29) is 5.91 Å². The summed E-state index contributed by atoms with van der Waals surface area (Å²) in [5.41, 5.74) is 1.05. The van der Waals surface area contributed by atoms with Gasteiger partial charge in [0.1, 0.15) is 6.04 Å². The first-order valence-corrected chi connectivity index (χ1v) is 7.65. The third-order valence-corrected chi connectivity index (χ3v) is 3.41. The van der Waals surface area contributed by atoms with Crippen LogP contribution in [0.25, 0.3) is 0 Å². The number of carbonyl (C=O) groups is 3. The molecule has 0 radical (unpaired) electrons. The third kappa shape index (κ3) is 6.53. The van der Waals surface area contributed by atoms with Gasteiger partial charge < -0.3 is 15.3 Å². The summed E-state index contributed by atoms with van der Waals surface area (Å²) in [5.74, 6) is 4.47. The molecule has 1 atom stereocenters. The molecule has 0 spiro atoms. The van der Waals surface area contributed by atoms with Crippen LogP contribution in [0.15, 0.2) is 24.3 Å². The highest BCUT2D eigenvalue weighted by Gasteiger charge is 2.15. The van der Waals surface area contributed by atoms with E-state index in [0.717, 1.165) is 6.42 Å². The smallest absolute Gasteiger partial charge is 0.325 e. The zero-order valence-electron chi connectivity index (χ0n) is 14.1. The summed E-state index contributed by atoms with van der Waals surface area (Å²) in [4.78, 5) is 35.4. The molecule has 0 aliphatic rings. The van der Waals surface area contributed by atoms with E-state index in [1.165, 1.54) is 13.8 Å². The molecule has 0 aliphatic heterocycles. The van der Waals surface area contributed by atoms with Gasteiger partial charge in [0.2, 0.25) is 5.91 Å². The molecule has 2 N–H and O–H groups in total. The lowest BCUT2D eigenvalue weighted by Gasteiger charge is -2.12. The highest BCUT2D eigenvalue weighted by atomic mass is 16.4. The molecule has 0 saturated carbocycles. The average molecular weight is 330 g/mol. The molecule has 0 bridgehead atoms. The highest BCUT2D eigenvalue weighted by Crippen LogP contribution is 2.05. The van der Waals surface area contributed by atoms with Gasteiger partial charge >= 0.3 is 5.97 Å². The van der Waals surface area contributed by atoms with Crippen LogP contribution in [0.4, 0.5) is 0 Å². The van der Waals surface area contributed by atoms with Crippen LogP contribution in [0.1, 0.15) is 42.6 Å². The first kappa shape index (κ1) is 19.2. The standard InChI is InChI=1S/C18H22N2O4/c1-13(18(23)24)19-17(22)16-10-7-9-15(12-16)8-5-4-6-11-20(3)14(2)21/h7,9-10,12-13H,4,6,11H2,1-3H3,(H,19,22)(H,23,24). The van der Waals surface area contributed by atoms with E-state index in [4.69, 9.17) is 5.11 Å². The second-order valence-electron chi connectivity index (χ2n) is 5.46. The van der Waals surface area contributed by atoms with Crippen molar-refractivity contribution < 1.29 is 19.5 Å². The summed E-state index contributed by atoms with van der Waals surface area (Å²) >= 11 is 0. The fraction of sp³-hybridized carbons (Fsp3) is 0.389. The number of unbranched alkanes of at least 4 members (excludes halogenated alkanes) is 1. The van der Waals surface area contributed by atoms with Crippen molar-refractivity contribution in [3.63, 3.8) is 0 Å². The van der Waals surface area contributed by atoms with Crippen LogP contribution >= 0.6 is 0 Å². The highest BCUT2D eigenvalue weighted by molar-refractivity contribution is 5.96. The van der Waals surface area contributed by atoms with Crippen molar-refractivity contribution in [3.8, 4) is 11.8 Å². The predicted octanol–water partition coefficient (Wildman–Crippen LogP) is 1.50. The van der Waals surface area contributed by atoms with Gasteiger partial charge in [0.25, 0.3) is 5.91 Å². The lowest BCUT2D eigenvalue weighted by Crippen LogP contribution is -2.38. The number of nitrogens with one attached hydrogen (secondary N) is 1. The quantitative estimate of drug-likeness (QED) is 0.611. The maximum absolute atomic E-state index is 12.0. The van der Waals surface area contributed by atoms with Crippen molar-refractivity contribution in [1.82, 2.24) is 10.2 Å². The molecule has 1 aromatic carbocycles. The van der Waals surface area contributed by atoms with Crippen molar-refractivity contribution in [2.45, 2.75) is 32.7 Å². The van der Waals surface area contributed by atoms with E-state index < -0.39 is 17.9 Å². The fourth-order valence-corrected chi connectivity index (χ4v) is 1.81. The molecule has 0 fully saturated rings. The largest absolute Gasteiger partial charge is 0.480 e. The summed E-state index contributed by atoms with van der Waals surface area (Å²) in [5, 5.41) is 11.2. The third-order valence-electron chi connectivity index (χ3n) is 3.41. The maximum atomic E-state index is 12.0. The van der Waals surface area contributed by atoms with Gasteiger partial charge in [-0.15, -0.1) is 0 Å². The number of hydrogen-bond donors (Lipinski definition) is 2. The van der Waals surface area contributed by atoms with E-state index >= 15 is 0 Å². The lowest BCUT2D eigenvalue weighted by atomic mass is 10.1. The first-order chi connectivity index (χ1) is 11.3. The van der Waals surface area contributed by atoms with Crippen LogP contribution in [0.5, 0.6) is 0 Å². The number of benzene rings is 1. The normalized spacial score (nSPS) is 11.0. The summed E-state index contributed by atoms with van der Waals surface area (Å²) in [7, 11) is 1.75. The average Bonchev–Trinajstić information content (AvgIpc) is 2.54. The second kappa shape index (κ2) is 9.36. The molecule has 1 unspecified atom stereocenters. The molecule has 128 valence electrons. The Labute approximate surface area is 141 Å². The number of nitrogens with zero attached hydrogens (tertiary/aromatic N) is 1. The minimum Gasteiger partial charge on any atom is -0.480 e. The van der Waals surface area contributed by atoms with Crippen LogP contribution in [-0.4, -0.2) is 47.4 Å². The zero-order chi connectivity index (χ0) is 18.1. The molecule has 0 heterocycles. The Kier molecular flexibility index (Phi) is 7.50. The van der Waals surface area contributed by atoms with Gasteiger partial charge in [-0.3, -0.25) is 14.4 Å². The van der Waals surface area contributed by atoms with Gasteiger partial charge in [0.05, 0.1) is 0 Å². The molecule has 24 heavy (non-hydrogen) atoms. The SMILES string of the molecule is CC(=O)N(C)CCCC#Cc1cccc(C(=O)NC(C)C(=O)O)c1. The molecule has 0 saturated heterocycles. The van der Waals surface area contributed by atoms with Crippen molar-refractivity contribution in [1.29, 1.82) is 0 Å². The molecule has 1 rings (SSSR count). The number of amides is 2. The number of rotatable bonds is 6. The van der Waals surface area contributed by atoms with Crippen molar-refractivity contribution >= 4 is 17.8 Å². The Balaban J connectivity index is 2.60. The molecular formula is C18H22N2O4. The van der Waals surface area contributed by atoms with E-state index in [2.05, 4.69) is 17.2 Å². The molecular weight excluding hydrogens is 308 g/mol. The van der Waals surface area contributed by atoms with Crippen LogP contribution in [0, 0.1) is 11.8 Å². The van der Waals surface area contributed by atoms with Gasteiger partial charge in [-0.2, -0.15) is 0 Å². The predicted molar refractivity (Wildman–Crippen MR) is 90.4 cm³/mol. The van der Waals surface area contributed by atoms with Gasteiger partial charge in [-0.25, -0.2) is 0 Å². The zero-order valence-corrected chi connectivity index (χ0v) is 14.1. The minimum absolute atomic E-state index is 0.0252. The number of carbonyl (C=O) groups excluding carboxylic acids is 2. The first-order valence-electron chi connectivity index (χ1n) is 7.65. The van der Waals surface area contributed by atoms with Crippen LogP contribution in [-0.2, 0) is 9.59 Å². The Hall–Kier alpha value is -2.81. The Morgan fingerprint density at radius 1 is 1.33 bits per heavy atom. The van der Waals surface area contributed by atoms with E-state index in [1.807, 2.05) is 0 Å². The van der Waals surface area contributed by atoms with Gasteiger partial charge in [-0.05, 0) is 31.5 Å². The Morgan fingerprint density at radius 3 is 2.67 bits per heavy atom. The molecule has 2 amide bonds. The Morgan fingerprint density at radius 2 is 2.04 bits per heavy atom. The van der Waals surface area contributed by atoms with Gasteiger partial charge in [-0.1, -0.05) is 17.9 Å². The monoisotopic (exact) mass is 330 g/mol. The fourth-order valence-electron chi connectivity index (χ4n) is 1.81. The lowest BCUT2D eigenvalue weighted by molar-refractivity contribution is -0.138. The maximum Gasteiger partial charge on any atom is 0.325 e. The topological polar surface area (TPSA) is 86.7 Å².